The molecule has 0 aliphatic rings. The topological polar surface area (TPSA) is 50.9 Å². The van der Waals surface area contributed by atoms with Crippen molar-refractivity contribution in [3.63, 3.8) is 0 Å². The fourth-order valence-electron chi connectivity index (χ4n) is 2.78. The molecule has 0 unspecified atom stereocenters. The van der Waals surface area contributed by atoms with Crippen molar-refractivity contribution in [3.8, 4) is 17.0 Å². The summed E-state index contributed by atoms with van der Waals surface area (Å²) in [5, 5.41) is 4.31. The van der Waals surface area contributed by atoms with E-state index >= 15 is 0 Å². The Kier molecular flexibility index (Phi) is 4.30. The molecule has 4 nitrogen and oxygen atoms in total. The average Bonchev–Trinajstić information content (AvgIpc) is 3.23. The van der Waals surface area contributed by atoms with Gasteiger partial charge in [-0.1, -0.05) is 24.2 Å². The van der Waals surface area contributed by atoms with Crippen molar-refractivity contribution in [3.05, 3.63) is 98.2 Å². The van der Waals surface area contributed by atoms with E-state index in [4.69, 9.17) is 16.0 Å². The summed E-state index contributed by atoms with van der Waals surface area (Å²) in [6.07, 6.45) is 1.62. The highest BCUT2D eigenvalue weighted by Crippen LogP contribution is 2.22. The van der Waals surface area contributed by atoms with Crippen LogP contribution < -0.4 is 16.1 Å². The number of aromatic amines is 1. The van der Waals surface area contributed by atoms with Gasteiger partial charge in [0.05, 0.1) is 16.3 Å². The van der Waals surface area contributed by atoms with E-state index in [-0.39, 0.29) is 11.4 Å². The average molecular weight is 381 g/mol. The summed E-state index contributed by atoms with van der Waals surface area (Å²) in [7, 11) is 0. The molecule has 0 atom stereocenters. The van der Waals surface area contributed by atoms with Crippen LogP contribution >= 0.6 is 11.6 Å². The lowest BCUT2D eigenvalue weighted by molar-refractivity contribution is 0.571. The van der Waals surface area contributed by atoms with Crippen LogP contribution in [0.25, 0.3) is 29.7 Å². The Bertz CT molecular complexity index is 1280. The SMILES string of the molecule is C=c1[nH]n(-c2cccc(Cl)c2)c(=O)/c1=C\c1ccc(-c2ccc(F)cc2)o1. The molecule has 4 aromatic rings. The molecule has 2 heterocycles. The zero-order valence-electron chi connectivity index (χ0n) is 14.1. The van der Waals surface area contributed by atoms with Gasteiger partial charge in [0.1, 0.15) is 17.3 Å². The van der Waals surface area contributed by atoms with Gasteiger partial charge in [-0.3, -0.25) is 9.89 Å². The van der Waals surface area contributed by atoms with E-state index in [0.717, 1.165) is 5.56 Å². The molecule has 6 heteroatoms. The van der Waals surface area contributed by atoms with Crippen molar-refractivity contribution >= 4 is 24.3 Å². The molecule has 0 radical (unpaired) electrons. The summed E-state index contributed by atoms with van der Waals surface area (Å²) < 4.78 is 20.2. The van der Waals surface area contributed by atoms with Gasteiger partial charge in [0.25, 0.3) is 5.56 Å². The van der Waals surface area contributed by atoms with E-state index in [2.05, 4.69) is 11.7 Å². The fraction of sp³-hybridized carbons (Fsp3) is 0. The Hall–Kier alpha value is -3.31. The number of hydrogen-bond donors (Lipinski definition) is 1. The molecule has 0 saturated heterocycles. The highest BCUT2D eigenvalue weighted by atomic mass is 35.5. The third-order valence-corrected chi connectivity index (χ3v) is 4.35. The lowest BCUT2D eigenvalue weighted by atomic mass is 10.2. The van der Waals surface area contributed by atoms with E-state index < -0.39 is 0 Å². The molecule has 0 saturated carbocycles. The molecule has 0 amide bonds. The first-order chi connectivity index (χ1) is 13.0. The van der Waals surface area contributed by atoms with Crippen molar-refractivity contribution < 1.29 is 8.81 Å². The molecule has 1 N–H and O–H groups in total. The first-order valence-corrected chi connectivity index (χ1v) is 8.52. The Labute approximate surface area is 158 Å². The highest BCUT2D eigenvalue weighted by molar-refractivity contribution is 6.30. The van der Waals surface area contributed by atoms with Gasteiger partial charge >= 0.3 is 0 Å². The first-order valence-electron chi connectivity index (χ1n) is 8.15. The molecule has 27 heavy (non-hydrogen) atoms. The number of nitrogens with zero attached hydrogens (tertiary/aromatic N) is 1. The second-order valence-corrected chi connectivity index (χ2v) is 6.41. The van der Waals surface area contributed by atoms with Crippen LogP contribution in [-0.4, -0.2) is 9.78 Å². The van der Waals surface area contributed by atoms with Gasteiger partial charge < -0.3 is 4.42 Å². The Balaban J connectivity index is 1.76. The molecule has 0 aliphatic heterocycles. The van der Waals surface area contributed by atoms with Gasteiger partial charge in [-0.05, 0) is 60.7 Å². The van der Waals surface area contributed by atoms with E-state index in [9.17, 15) is 9.18 Å². The molecular weight excluding hydrogens is 367 g/mol. The van der Waals surface area contributed by atoms with Crippen LogP contribution in [0, 0.1) is 5.82 Å². The molecule has 2 aromatic heterocycles. The number of aromatic nitrogens is 2. The van der Waals surface area contributed by atoms with Crippen LogP contribution in [0.3, 0.4) is 0 Å². The minimum atomic E-state index is -0.312. The zero-order chi connectivity index (χ0) is 19.0. The van der Waals surface area contributed by atoms with Crippen molar-refractivity contribution in [2.75, 3.05) is 0 Å². The molecule has 134 valence electrons. The maximum atomic E-state index is 13.1. The molecule has 0 fully saturated rings. The Morgan fingerprint density at radius 3 is 2.63 bits per heavy atom. The second kappa shape index (κ2) is 6.78. The predicted octanol–water partition coefficient (Wildman–Crippen LogP) is 3.46. The number of nitrogens with one attached hydrogen (secondary N) is 1. The van der Waals surface area contributed by atoms with E-state index in [1.165, 1.54) is 16.8 Å². The van der Waals surface area contributed by atoms with Gasteiger partial charge in [0, 0.05) is 10.6 Å². The lowest BCUT2D eigenvalue weighted by Gasteiger charge is -2.00. The third-order valence-electron chi connectivity index (χ3n) is 4.11. The molecule has 0 aliphatic carbocycles. The van der Waals surface area contributed by atoms with Gasteiger partial charge in [-0.2, -0.15) is 0 Å². The molecule has 2 aromatic carbocycles. The van der Waals surface area contributed by atoms with Crippen LogP contribution in [0.5, 0.6) is 0 Å². The maximum Gasteiger partial charge on any atom is 0.279 e. The number of H-pyrrole nitrogens is 1. The van der Waals surface area contributed by atoms with Crippen molar-refractivity contribution in [1.82, 2.24) is 9.78 Å². The first kappa shape index (κ1) is 17.1. The minimum Gasteiger partial charge on any atom is -0.457 e. The zero-order valence-corrected chi connectivity index (χ0v) is 14.8. The Morgan fingerprint density at radius 1 is 1.11 bits per heavy atom. The largest absolute Gasteiger partial charge is 0.457 e. The maximum absolute atomic E-state index is 13.1. The normalized spacial score (nSPS) is 11.9. The molecule has 0 bridgehead atoms. The van der Waals surface area contributed by atoms with Crippen LogP contribution in [0.1, 0.15) is 5.76 Å². The van der Waals surface area contributed by atoms with Gasteiger partial charge in [-0.25, -0.2) is 9.07 Å². The van der Waals surface area contributed by atoms with Gasteiger partial charge in [0.2, 0.25) is 0 Å². The van der Waals surface area contributed by atoms with Crippen LogP contribution in [-0.2, 0) is 0 Å². The van der Waals surface area contributed by atoms with Crippen LogP contribution in [0.4, 0.5) is 4.39 Å². The highest BCUT2D eigenvalue weighted by Gasteiger charge is 2.08. The smallest absolute Gasteiger partial charge is 0.279 e. The number of rotatable bonds is 3. The fourth-order valence-corrected chi connectivity index (χ4v) is 2.97. The molecular formula is C21H14ClFN2O2. The lowest BCUT2D eigenvalue weighted by Crippen LogP contribution is -2.33. The van der Waals surface area contributed by atoms with E-state index in [0.29, 0.717) is 32.8 Å². The van der Waals surface area contributed by atoms with Crippen LogP contribution in [0.15, 0.2) is 69.9 Å². The van der Waals surface area contributed by atoms with Crippen molar-refractivity contribution in [2.45, 2.75) is 0 Å². The second-order valence-electron chi connectivity index (χ2n) is 5.98. The number of furan rings is 1. The number of halogens is 2. The van der Waals surface area contributed by atoms with Gasteiger partial charge in [-0.15, -0.1) is 0 Å². The molecule has 4 rings (SSSR count). The Morgan fingerprint density at radius 2 is 1.89 bits per heavy atom. The summed E-state index contributed by atoms with van der Waals surface area (Å²) in [4.78, 5) is 12.8. The summed E-state index contributed by atoms with van der Waals surface area (Å²) in [5.41, 5.74) is 1.10. The minimum absolute atomic E-state index is 0.262. The number of hydrogen-bond acceptors (Lipinski definition) is 2. The summed E-state index contributed by atoms with van der Waals surface area (Å²) in [5.74, 6) is 0.763. The van der Waals surface area contributed by atoms with E-state index in [1.807, 2.05) is 0 Å². The van der Waals surface area contributed by atoms with Crippen LogP contribution in [0.2, 0.25) is 5.02 Å². The third kappa shape index (κ3) is 3.37. The predicted molar refractivity (Wildman–Crippen MR) is 104 cm³/mol. The summed E-state index contributed by atoms with van der Waals surface area (Å²) >= 11 is 6.00. The van der Waals surface area contributed by atoms with Gasteiger partial charge in [0.15, 0.2) is 0 Å². The van der Waals surface area contributed by atoms with E-state index in [1.54, 1.807) is 54.6 Å². The molecule has 0 spiro atoms. The van der Waals surface area contributed by atoms with Crippen molar-refractivity contribution in [2.24, 2.45) is 0 Å². The quantitative estimate of drug-likeness (QED) is 0.591. The number of benzene rings is 2. The monoisotopic (exact) mass is 380 g/mol. The summed E-state index contributed by atoms with van der Waals surface area (Å²) in [6, 6.07) is 16.5. The van der Waals surface area contributed by atoms with Crippen molar-refractivity contribution in [1.29, 1.82) is 0 Å². The summed E-state index contributed by atoms with van der Waals surface area (Å²) in [6.45, 7) is 3.90. The standard InChI is InChI=1S/C21H14ClFN2O2/c1-13-19(21(26)25(24-13)17-4-2-3-15(22)11-17)12-18-9-10-20(27-18)14-5-7-16(23)8-6-14/h2-12,24H,1H2/b19-12-.